The van der Waals surface area contributed by atoms with Crippen molar-refractivity contribution in [1.82, 2.24) is 10.2 Å². The minimum atomic E-state index is 0.212. The van der Waals surface area contributed by atoms with Crippen LogP contribution in [0.15, 0.2) is 18.2 Å². The van der Waals surface area contributed by atoms with Crippen LogP contribution in [-0.2, 0) is 12.8 Å². The molecule has 0 amide bonds. The van der Waals surface area contributed by atoms with E-state index in [4.69, 9.17) is 10.5 Å². The van der Waals surface area contributed by atoms with Crippen LogP contribution in [0, 0.1) is 18.3 Å². The zero-order chi connectivity index (χ0) is 15.4. The molecule has 0 aliphatic carbocycles. The van der Waals surface area contributed by atoms with Crippen LogP contribution in [0.2, 0.25) is 0 Å². The summed E-state index contributed by atoms with van der Waals surface area (Å²) in [5, 5.41) is 17.6. The Morgan fingerprint density at radius 2 is 2.00 bits per heavy atom. The fourth-order valence-electron chi connectivity index (χ4n) is 2.19. The number of benzene rings is 1. The number of rotatable bonds is 4. The van der Waals surface area contributed by atoms with Crippen LogP contribution < -0.4 is 10.5 Å². The average Bonchev–Trinajstić information content (AvgIpc) is 2.51. The molecule has 1 aromatic carbocycles. The van der Waals surface area contributed by atoms with Gasteiger partial charge in [-0.25, -0.2) is 0 Å². The highest BCUT2D eigenvalue weighted by Crippen LogP contribution is 2.31. The zero-order valence-corrected chi connectivity index (χ0v) is 12.5. The molecule has 5 nitrogen and oxygen atoms in total. The summed E-state index contributed by atoms with van der Waals surface area (Å²) in [5.41, 5.74) is 9.60. The van der Waals surface area contributed by atoms with Gasteiger partial charge < -0.3 is 10.5 Å². The van der Waals surface area contributed by atoms with Gasteiger partial charge in [0.1, 0.15) is 11.6 Å². The second-order valence-electron chi connectivity index (χ2n) is 4.71. The van der Waals surface area contributed by atoms with Crippen molar-refractivity contribution in [2.24, 2.45) is 0 Å². The SMILES string of the molecule is CCc1nnc(Oc2cccc(C)c2N)c(C#N)c1CC. The molecule has 0 fully saturated rings. The standard InChI is InChI=1S/C16H18N4O/c1-4-11-12(9-17)16(20-19-13(11)5-2)21-14-8-6-7-10(3)15(14)18/h6-8H,4-5,18H2,1-3H3. The lowest BCUT2D eigenvalue weighted by molar-refractivity contribution is 0.452. The molecule has 0 unspecified atom stereocenters. The minimum absolute atomic E-state index is 0.212. The monoisotopic (exact) mass is 282 g/mol. The molecule has 2 N–H and O–H groups in total. The van der Waals surface area contributed by atoms with Gasteiger partial charge in [0.25, 0.3) is 5.88 Å². The van der Waals surface area contributed by atoms with Gasteiger partial charge in [0.2, 0.25) is 0 Å². The van der Waals surface area contributed by atoms with E-state index in [-0.39, 0.29) is 5.88 Å². The predicted molar refractivity (Wildman–Crippen MR) is 81.2 cm³/mol. The van der Waals surface area contributed by atoms with Crippen molar-refractivity contribution in [2.75, 3.05) is 5.73 Å². The molecule has 0 aliphatic heterocycles. The topological polar surface area (TPSA) is 84.8 Å². The Bertz CT molecular complexity index is 704. The van der Waals surface area contributed by atoms with Gasteiger partial charge in [-0.3, -0.25) is 0 Å². The molecule has 21 heavy (non-hydrogen) atoms. The van der Waals surface area contributed by atoms with Crippen LogP contribution in [0.5, 0.6) is 11.6 Å². The second-order valence-corrected chi connectivity index (χ2v) is 4.71. The second kappa shape index (κ2) is 6.23. The number of para-hydroxylation sites is 1. The van der Waals surface area contributed by atoms with Gasteiger partial charge in [0.15, 0.2) is 5.75 Å². The minimum Gasteiger partial charge on any atom is -0.434 e. The molecular formula is C16H18N4O. The Hall–Kier alpha value is -2.61. The van der Waals surface area contributed by atoms with Crippen LogP contribution in [0.4, 0.5) is 5.69 Å². The Kier molecular flexibility index (Phi) is 4.39. The van der Waals surface area contributed by atoms with Gasteiger partial charge in [-0.1, -0.05) is 26.0 Å². The summed E-state index contributed by atoms with van der Waals surface area (Å²) in [6, 6.07) is 7.68. The first-order chi connectivity index (χ1) is 10.1. The quantitative estimate of drug-likeness (QED) is 0.871. The summed E-state index contributed by atoms with van der Waals surface area (Å²) in [4.78, 5) is 0. The van der Waals surface area contributed by atoms with E-state index in [0.29, 0.717) is 23.4 Å². The molecule has 2 aromatic rings. The van der Waals surface area contributed by atoms with Gasteiger partial charge in [-0.2, -0.15) is 10.4 Å². The van der Waals surface area contributed by atoms with Crippen LogP contribution in [0.3, 0.4) is 0 Å². The predicted octanol–water partition coefficient (Wildman–Crippen LogP) is 3.16. The van der Waals surface area contributed by atoms with Crippen LogP contribution in [-0.4, -0.2) is 10.2 Å². The van der Waals surface area contributed by atoms with E-state index >= 15 is 0 Å². The number of ether oxygens (including phenoxy) is 1. The first-order valence-corrected chi connectivity index (χ1v) is 6.93. The molecule has 0 aliphatic rings. The van der Waals surface area contributed by atoms with E-state index in [9.17, 15) is 5.26 Å². The fraction of sp³-hybridized carbons (Fsp3) is 0.312. The Morgan fingerprint density at radius 1 is 1.24 bits per heavy atom. The third-order valence-corrected chi connectivity index (χ3v) is 3.42. The molecule has 0 atom stereocenters. The van der Waals surface area contributed by atoms with Crippen molar-refractivity contribution in [2.45, 2.75) is 33.6 Å². The molecule has 0 saturated heterocycles. The Balaban J connectivity index is 2.50. The van der Waals surface area contributed by atoms with E-state index in [1.807, 2.05) is 32.9 Å². The van der Waals surface area contributed by atoms with Crippen molar-refractivity contribution in [3.8, 4) is 17.7 Å². The number of nitrogens with zero attached hydrogens (tertiary/aromatic N) is 3. The first-order valence-electron chi connectivity index (χ1n) is 6.93. The number of nitriles is 1. The van der Waals surface area contributed by atoms with Crippen LogP contribution in [0.25, 0.3) is 0 Å². The molecule has 1 aromatic heterocycles. The van der Waals surface area contributed by atoms with Crippen LogP contribution in [0.1, 0.15) is 36.2 Å². The van der Waals surface area contributed by atoms with Crippen LogP contribution >= 0.6 is 0 Å². The van der Waals surface area contributed by atoms with Crippen molar-refractivity contribution in [1.29, 1.82) is 5.26 Å². The summed E-state index contributed by atoms with van der Waals surface area (Å²) < 4.78 is 5.73. The number of hydrogen-bond acceptors (Lipinski definition) is 5. The van der Waals surface area contributed by atoms with Crippen molar-refractivity contribution < 1.29 is 4.74 Å². The van der Waals surface area contributed by atoms with Crippen molar-refractivity contribution in [3.05, 3.63) is 40.6 Å². The average molecular weight is 282 g/mol. The molecule has 2 rings (SSSR count). The molecule has 0 saturated carbocycles. The van der Waals surface area contributed by atoms with Crippen molar-refractivity contribution >= 4 is 5.69 Å². The third kappa shape index (κ3) is 2.79. The first kappa shape index (κ1) is 14.8. The lowest BCUT2D eigenvalue weighted by Gasteiger charge is -2.13. The molecule has 0 bridgehead atoms. The van der Waals surface area contributed by atoms with Gasteiger partial charge in [0.05, 0.1) is 11.4 Å². The maximum atomic E-state index is 9.42. The number of aryl methyl sites for hydroxylation is 2. The largest absolute Gasteiger partial charge is 0.434 e. The maximum Gasteiger partial charge on any atom is 0.257 e. The lowest BCUT2D eigenvalue weighted by Crippen LogP contribution is -2.06. The van der Waals surface area contributed by atoms with Gasteiger partial charge >= 0.3 is 0 Å². The van der Waals surface area contributed by atoms with E-state index in [1.54, 1.807) is 6.07 Å². The van der Waals surface area contributed by atoms with Crippen molar-refractivity contribution in [3.63, 3.8) is 0 Å². The fourth-order valence-corrected chi connectivity index (χ4v) is 2.19. The molecule has 1 heterocycles. The van der Waals surface area contributed by atoms with E-state index in [2.05, 4.69) is 16.3 Å². The molecule has 0 spiro atoms. The zero-order valence-electron chi connectivity index (χ0n) is 12.5. The Morgan fingerprint density at radius 3 is 2.62 bits per heavy atom. The summed E-state index contributed by atoms with van der Waals surface area (Å²) in [6.45, 7) is 5.88. The third-order valence-electron chi connectivity index (χ3n) is 3.42. The summed E-state index contributed by atoms with van der Waals surface area (Å²) in [7, 11) is 0. The molecule has 108 valence electrons. The lowest BCUT2D eigenvalue weighted by atomic mass is 10.0. The molecule has 0 radical (unpaired) electrons. The van der Waals surface area contributed by atoms with Gasteiger partial charge in [-0.05, 0) is 37.0 Å². The smallest absolute Gasteiger partial charge is 0.257 e. The highest BCUT2D eigenvalue weighted by Gasteiger charge is 2.17. The number of hydrogen-bond donors (Lipinski definition) is 1. The number of aromatic nitrogens is 2. The highest BCUT2D eigenvalue weighted by atomic mass is 16.5. The van der Waals surface area contributed by atoms with E-state index < -0.39 is 0 Å². The number of nitrogens with two attached hydrogens (primary N) is 1. The maximum absolute atomic E-state index is 9.42. The van der Waals surface area contributed by atoms with E-state index in [1.165, 1.54) is 0 Å². The number of anilines is 1. The normalized spacial score (nSPS) is 10.2. The summed E-state index contributed by atoms with van der Waals surface area (Å²) >= 11 is 0. The molecular weight excluding hydrogens is 264 g/mol. The van der Waals surface area contributed by atoms with Gasteiger partial charge in [-0.15, -0.1) is 5.10 Å². The van der Waals surface area contributed by atoms with Gasteiger partial charge in [0, 0.05) is 0 Å². The summed E-state index contributed by atoms with van der Waals surface area (Å²) in [5.74, 6) is 0.705. The molecule has 5 heteroatoms. The van der Waals surface area contributed by atoms with E-state index in [0.717, 1.165) is 23.2 Å². The summed E-state index contributed by atoms with van der Waals surface area (Å²) in [6.07, 6.45) is 1.44. The number of nitrogen functional groups attached to an aromatic ring is 1. The highest BCUT2D eigenvalue weighted by molar-refractivity contribution is 5.59. The Labute approximate surface area is 124 Å².